The van der Waals surface area contributed by atoms with Gasteiger partial charge in [0.25, 0.3) is 11.8 Å². The fraction of sp³-hybridized carbons (Fsp3) is 0.185. The van der Waals surface area contributed by atoms with Crippen molar-refractivity contribution in [2.75, 3.05) is 6.54 Å². The van der Waals surface area contributed by atoms with Crippen LogP contribution in [-0.4, -0.2) is 39.5 Å². The van der Waals surface area contributed by atoms with E-state index >= 15 is 0 Å². The van der Waals surface area contributed by atoms with Gasteiger partial charge in [-0.15, -0.1) is 5.10 Å². The van der Waals surface area contributed by atoms with Crippen molar-refractivity contribution < 1.29 is 27.5 Å². The first-order valence-corrected chi connectivity index (χ1v) is 11.6. The molecule has 38 heavy (non-hydrogen) atoms. The molecule has 4 rings (SSSR count). The molecule has 0 radical (unpaired) electrons. The number of aromatic nitrogens is 3. The quantitative estimate of drug-likeness (QED) is 0.325. The van der Waals surface area contributed by atoms with E-state index in [0.29, 0.717) is 17.9 Å². The highest BCUT2D eigenvalue weighted by Gasteiger charge is 2.28. The zero-order valence-electron chi connectivity index (χ0n) is 20.1. The van der Waals surface area contributed by atoms with Gasteiger partial charge in [-0.1, -0.05) is 65.9 Å². The normalized spacial score (nSPS) is 11.2. The van der Waals surface area contributed by atoms with Crippen LogP contribution < -0.4 is 10.6 Å². The van der Waals surface area contributed by atoms with Gasteiger partial charge in [-0.05, 0) is 35.4 Å². The molecule has 8 nitrogen and oxygen atoms in total. The zero-order chi connectivity index (χ0) is 27.0. The van der Waals surface area contributed by atoms with Crippen molar-refractivity contribution in [3.63, 3.8) is 0 Å². The minimum atomic E-state index is -4.51. The zero-order valence-corrected chi connectivity index (χ0v) is 20.1. The fourth-order valence-electron chi connectivity index (χ4n) is 3.55. The van der Waals surface area contributed by atoms with Crippen LogP contribution >= 0.6 is 0 Å². The summed E-state index contributed by atoms with van der Waals surface area (Å²) in [5, 5.41) is 12.8. The van der Waals surface area contributed by atoms with Gasteiger partial charge in [0.2, 0.25) is 0 Å². The molecule has 0 fully saturated rings. The maximum absolute atomic E-state index is 13.0. The van der Waals surface area contributed by atoms with Gasteiger partial charge < -0.3 is 15.4 Å². The Morgan fingerprint density at radius 1 is 0.789 bits per heavy atom. The van der Waals surface area contributed by atoms with Gasteiger partial charge in [0.05, 0.1) is 18.9 Å². The van der Waals surface area contributed by atoms with Crippen LogP contribution in [0.15, 0.2) is 84.9 Å². The standard InChI is InChI=1S/C27H24F3N5O3/c28-27(29,30)18-32-25(36)21-11-13-22(14-12-21)35-23(17-38-16-20-9-5-2-6-10-20)24(33-34-35)26(37)31-15-19-7-3-1-4-8-19/h1-14H,15-18H2,(H,31,37)(H,32,36). The summed E-state index contributed by atoms with van der Waals surface area (Å²) in [6, 6.07) is 24.6. The molecule has 0 unspecified atom stereocenters. The Hall–Kier alpha value is -4.51. The third-order valence-corrected chi connectivity index (χ3v) is 5.45. The lowest BCUT2D eigenvalue weighted by molar-refractivity contribution is -0.123. The van der Waals surface area contributed by atoms with Crippen molar-refractivity contribution in [1.29, 1.82) is 0 Å². The molecule has 0 aliphatic heterocycles. The predicted molar refractivity (Wildman–Crippen MR) is 132 cm³/mol. The highest BCUT2D eigenvalue weighted by molar-refractivity contribution is 5.94. The van der Waals surface area contributed by atoms with Gasteiger partial charge in [0.1, 0.15) is 12.2 Å². The van der Waals surface area contributed by atoms with E-state index in [1.165, 1.54) is 28.9 Å². The summed E-state index contributed by atoms with van der Waals surface area (Å²) in [4.78, 5) is 25.0. The number of alkyl halides is 3. The molecule has 3 aromatic carbocycles. The molecular formula is C27H24F3N5O3. The van der Waals surface area contributed by atoms with E-state index in [2.05, 4.69) is 15.6 Å². The molecule has 4 aromatic rings. The summed E-state index contributed by atoms with van der Waals surface area (Å²) in [5.74, 6) is -1.30. The maximum Gasteiger partial charge on any atom is 0.405 e. The summed E-state index contributed by atoms with van der Waals surface area (Å²) in [7, 11) is 0. The first kappa shape index (κ1) is 26.6. The maximum atomic E-state index is 13.0. The number of hydrogen-bond donors (Lipinski definition) is 2. The average Bonchev–Trinajstić information content (AvgIpc) is 3.35. The summed E-state index contributed by atoms with van der Waals surface area (Å²) < 4.78 is 44.5. The molecule has 0 saturated carbocycles. The lowest BCUT2D eigenvalue weighted by Crippen LogP contribution is -2.33. The molecule has 1 heterocycles. The van der Waals surface area contributed by atoms with E-state index in [1.807, 2.05) is 66.0 Å². The Kier molecular flexibility index (Phi) is 8.49. The van der Waals surface area contributed by atoms with E-state index in [0.717, 1.165) is 11.1 Å². The van der Waals surface area contributed by atoms with Crippen LogP contribution in [0.4, 0.5) is 13.2 Å². The number of carbonyl (C=O) groups excluding carboxylic acids is 2. The lowest BCUT2D eigenvalue weighted by Gasteiger charge is -2.11. The molecule has 11 heteroatoms. The third-order valence-electron chi connectivity index (χ3n) is 5.45. The number of rotatable bonds is 10. The van der Waals surface area contributed by atoms with Gasteiger partial charge in [0, 0.05) is 12.1 Å². The Bertz CT molecular complexity index is 1360. The highest BCUT2D eigenvalue weighted by atomic mass is 19.4. The number of ether oxygens (including phenoxy) is 1. The molecule has 0 spiro atoms. The molecule has 2 amide bonds. The molecule has 0 aliphatic rings. The fourth-order valence-corrected chi connectivity index (χ4v) is 3.55. The molecule has 196 valence electrons. The smallest absolute Gasteiger partial charge is 0.370 e. The lowest BCUT2D eigenvalue weighted by atomic mass is 10.2. The monoisotopic (exact) mass is 523 g/mol. The van der Waals surface area contributed by atoms with Crippen molar-refractivity contribution in [3.05, 3.63) is 113 Å². The second-order valence-electron chi connectivity index (χ2n) is 8.29. The Balaban J connectivity index is 1.53. The number of carbonyl (C=O) groups is 2. The van der Waals surface area contributed by atoms with E-state index < -0.39 is 24.5 Å². The SMILES string of the molecule is O=C(NCC(F)(F)F)c1ccc(-n2nnc(C(=O)NCc3ccccc3)c2COCc2ccccc2)cc1. The van der Waals surface area contributed by atoms with E-state index in [-0.39, 0.29) is 24.5 Å². The van der Waals surface area contributed by atoms with Crippen molar-refractivity contribution >= 4 is 11.8 Å². The minimum absolute atomic E-state index is 0.00377. The summed E-state index contributed by atoms with van der Waals surface area (Å²) >= 11 is 0. The van der Waals surface area contributed by atoms with Crippen LogP contribution in [0, 0.1) is 0 Å². The van der Waals surface area contributed by atoms with E-state index in [1.54, 1.807) is 0 Å². The number of amides is 2. The first-order chi connectivity index (χ1) is 18.3. The molecule has 2 N–H and O–H groups in total. The van der Waals surface area contributed by atoms with Crippen molar-refractivity contribution in [1.82, 2.24) is 25.6 Å². The van der Waals surface area contributed by atoms with E-state index in [9.17, 15) is 22.8 Å². The topological polar surface area (TPSA) is 98.1 Å². The molecule has 0 bridgehead atoms. The molecule has 1 aromatic heterocycles. The molecule has 0 aliphatic carbocycles. The second-order valence-corrected chi connectivity index (χ2v) is 8.29. The number of benzene rings is 3. The number of nitrogens with one attached hydrogen (secondary N) is 2. The van der Waals surface area contributed by atoms with Crippen LogP contribution in [0.25, 0.3) is 5.69 Å². The van der Waals surface area contributed by atoms with Crippen molar-refractivity contribution in [3.8, 4) is 5.69 Å². The number of hydrogen-bond acceptors (Lipinski definition) is 5. The van der Waals surface area contributed by atoms with Crippen LogP contribution in [-0.2, 0) is 24.5 Å². The number of nitrogens with zero attached hydrogens (tertiary/aromatic N) is 3. The highest BCUT2D eigenvalue weighted by Crippen LogP contribution is 2.17. The molecule has 0 saturated heterocycles. The Morgan fingerprint density at radius 2 is 1.42 bits per heavy atom. The molecular weight excluding hydrogens is 499 g/mol. The summed E-state index contributed by atoms with van der Waals surface area (Å²) in [6.07, 6.45) is -4.51. The van der Waals surface area contributed by atoms with Crippen molar-refractivity contribution in [2.24, 2.45) is 0 Å². The summed E-state index contributed by atoms with van der Waals surface area (Å²) in [6.45, 7) is -0.848. The van der Waals surface area contributed by atoms with Gasteiger partial charge >= 0.3 is 6.18 Å². The van der Waals surface area contributed by atoms with Gasteiger partial charge in [-0.25, -0.2) is 4.68 Å². The average molecular weight is 524 g/mol. The number of halogens is 3. The van der Waals surface area contributed by atoms with Gasteiger partial charge in [-0.3, -0.25) is 9.59 Å². The second kappa shape index (κ2) is 12.2. The third kappa shape index (κ3) is 7.26. The van der Waals surface area contributed by atoms with E-state index in [4.69, 9.17) is 4.74 Å². The van der Waals surface area contributed by atoms with Gasteiger partial charge in [-0.2, -0.15) is 13.2 Å². The van der Waals surface area contributed by atoms with Crippen LogP contribution in [0.1, 0.15) is 37.7 Å². The van der Waals surface area contributed by atoms with Crippen molar-refractivity contribution in [2.45, 2.75) is 25.9 Å². The van der Waals surface area contributed by atoms with Gasteiger partial charge in [0.15, 0.2) is 5.69 Å². The van der Waals surface area contributed by atoms with Crippen LogP contribution in [0.3, 0.4) is 0 Å². The molecule has 0 atom stereocenters. The largest absolute Gasteiger partial charge is 0.405 e. The van der Waals surface area contributed by atoms with Crippen LogP contribution in [0.2, 0.25) is 0 Å². The Morgan fingerprint density at radius 3 is 2.05 bits per heavy atom. The first-order valence-electron chi connectivity index (χ1n) is 11.6. The Labute approximate surface area is 216 Å². The minimum Gasteiger partial charge on any atom is -0.370 e. The van der Waals surface area contributed by atoms with Crippen LogP contribution in [0.5, 0.6) is 0 Å². The predicted octanol–water partition coefficient (Wildman–Crippen LogP) is 4.21. The summed E-state index contributed by atoms with van der Waals surface area (Å²) in [5.41, 5.74) is 2.79.